The predicted octanol–water partition coefficient (Wildman–Crippen LogP) is 4.54. The van der Waals surface area contributed by atoms with Crippen LogP contribution in [0.5, 0.6) is 0 Å². The van der Waals surface area contributed by atoms with Crippen LogP contribution in [-0.4, -0.2) is 41.0 Å². The molecule has 0 unspecified atom stereocenters. The summed E-state index contributed by atoms with van der Waals surface area (Å²) in [5.74, 6) is 2.32. The molecule has 1 saturated heterocycles. The average molecular weight is 440 g/mol. The van der Waals surface area contributed by atoms with Gasteiger partial charge in [0.1, 0.15) is 17.7 Å². The molecule has 3 aliphatic rings. The van der Waals surface area contributed by atoms with E-state index in [1.807, 2.05) is 6.07 Å². The number of nitrogens with zero attached hydrogens (tertiary/aromatic N) is 2. The molecule has 1 aliphatic carbocycles. The van der Waals surface area contributed by atoms with E-state index in [1.165, 1.54) is 24.0 Å². The third-order valence-electron chi connectivity index (χ3n) is 7.06. The Labute approximate surface area is 189 Å². The van der Waals surface area contributed by atoms with Crippen molar-refractivity contribution in [2.45, 2.75) is 64.3 Å². The number of hydrogen-bond acceptors (Lipinski definition) is 5. The molecule has 1 spiro atoms. The van der Waals surface area contributed by atoms with Gasteiger partial charge in [-0.05, 0) is 66.7 Å². The molecule has 0 radical (unpaired) electrons. The number of aliphatic imine (C=N–C) groups is 1. The molecule has 2 aliphatic heterocycles. The minimum absolute atomic E-state index is 0.118. The molecule has 2 fully saturated rings. The van der Waals surface area contributed by atoms with Gasteiger partial charge >= 0.3 is 0 Å². The van der Waals surface area contributed by atoms with E-state index in [0.717, 1.165) is 62.4 Å². The van der Waals surface area contributed by atoms with Crippen molar-refractivity contribution in [2.24, 2.45) is 16.8 Å². The highest BCUT2D eigenvalue weighted by molar-refractivity contribution is 8.00. The monoisotopic (exact) mass is 439 g/mol. The summed E-state index contributed by atoms with van der Waals surface area (Å²) in [7, 11) is 0. The van der Waals surface area contributed by atoms with Crippen molar-refractivity contribution >= 4 is 36.1 Å². The zero-order chi connectivity index (χ0) is 21.8. The lowest BCUT2D eigenvalue weighted by Gasteiger charge is -2.34. The maximum Gasteiger partial charge on any atom is 0.253 e. The number of carbonyl (C=O) groups is 2. The number of rotatable bonds is 6. The minimum Gasteiger partial charge on any atom is -0.312 e. The Hall–Kier alpha value is -1.92. The van der Waals surface area contributed by atoms with E-state index < -0.39 is 5.54 Å². The molecule has 0 aromatic heterocycles. The second-order valence-electron chi connectivity index (χ2n) is 9.34. The van der Waals surface area contributed by atoms with Crippen LogP contribution in [0.3, 0.4) is 0 Å². The van der Waals surface area contributed by atoms with Gasteiger partial charge in [0.25, 0.3) is 5.91 Å². The Morgan fingerprint density at radius 1 is 1.23 bits per heavy atom. The van der Waals surface area contributed by atoms with Crippen molar-refractivity contribution < 1.29 is 9.59 Å². The fourth-order valence-electron chi connectivity index (χ4n) is 4.91. The van der Waals surface area contributed by atoms with Crippen LogP contribution in [-0.2, 0) is 16.0 Å². The number of nitrogens with one attached hydrogen (secondary N) is 1. The first-order valence-corrected chi connectivity index (χ1v) is 12.4. The summed E-state index contributed by atoms with van der Waals surface area (Å²) in [6, 6.07) is 6.16. The number of amidine groups is 1. The van der Waals surface area contributed by atoms with Crippen LogP contribution >= 0.6 is 11.9 Å². The molecule has 166 valence electrons. The molecule has 5 nitrogen and oxygen atoms in total. The zero-order valence-corrected chi connectivity index (χ0v) is 19.4. The highest BCUT2D eigenvalue weighted by Crippen LogP contribution is 2.36. The van der Waals surface area contributed by atoms with Gasteiger partial charge in [-0.15, -0.1) is 0 Å². The van der Waals surface area contributed by atoms with Gasteiger partial charge in [0, 0.05) is 25.4 Å². The lowest BCUT2D eigenvalue weighted by Crippen LogP contribution is -2.47. The number of amides is 1. The van der Waals surface area contributed by atoms with Crippen LogP contribution in [0.2, 0.25) is 0 Å². The van der Waals surface area contributed by atoms with E-state index in [9.17, 15) is 9.59 Å². The van der Waals surface area contributed by atoms with Crippen molar-refractivity contribution in [3.63, 3.8) is 0 Å². The first kappa shape index (κ1) is 22.3. The van der Waals surface area contributed by atoms with Crippen LogP contribution in [0.15, 0.2) is 28.6 Å². The van der Waals surface area contributed by atoms with Gasteiger partial charge in [-0.25, -0.2) is 4.31 Å². The summed E-state index contributed by atoms with van der Waals surface area (Å²) in [4.78, 5) is 28.5. The normalized spacial score (nSPS) is 26.3. The fourth-order valence-corrected chi connectivity index (χ4v) is 5.68. The van der Waals surface area contributed by atoms with Gasteiger partial charge in [-0.3, -0.25) is 9.79 Å². The van der Waals surface area contributed by atoms with Crippen LogP contribution < -0.4 is 5.32 Å². The largest absolute Gasteiger partial charge is 0.312 e. The van der Waals surface area contributed by atoms with Crippen molar-refractivity contribution in [3.05, 3.63) is 40.3 Å². The van der Waals surface area contributed by atoms with Crippen LogP contribution in [0.1, 0.15) is 62.1 Å². The van der Waals surface area contributed by atoms with Gasteiger partial charge in [-0.1, -0.05) is 49.9 Å². The second kappa shape index (κ2) is 9.70. The molecule has 1 saturated carbocycles. The molecule has 6 heteroatoms. The Morgan fingerprint density at radius 2 is 1.97 bits per heavy atom. The number of hydrogen-bond donors (Lipinski definition) is 1. The van der Waals surface area contributed by atoms with Crippen molar-refractivity contribution in [1.29, 1.82) is 0 Å². The Bertz CT molecular complexity index is 879. The summed E-state index contributed by atoms with van der Waals surface area (Å²) in [5, 5.41) is 5.27. The summed E-state index contributed by atoms with van der Waals surface area (Å²) in [5.41, 5.74) is 2.86. The lowest BCUT2D eigenvalue weighted by molar-refractivity contribution is -0.124. The number of carbonyl (C=O) groups excluding carboxylic acids is 2. The van der Waals surface area contributed by atoms with Gasteiger partial charge < -0.3 is 10.1 Å². The minimum atomic E-state index is -0.538. The molecule has 1 amide bonds. The highest BCUT2D eigenvalue weighted by Gasteiger charge is 2.47. The van der Waals surface area contributed by atoms with Crippen LogP contribution in [0.25, 0.3) is 6.08 Å². The quantitative estimate of drug-likeness (QED) is 0.522. The van der Waals surface area contributed by atoms with Gasteiger partial charge in [0.15, 0.2) is 0 Å². The average Bonchev–Trinajstić information content (AvgIpc) is 3.07. The maximum absolute atomic E-state index is 12.8. The standard InChI is InChI=1S/C25H33N3O2S/c1-18-3-6-22(7-4-18)23-26-24(30)25(27-23)11-13-28(14-12-25)31-16-10-21-8-5-20(9-15-29)17-19(21)2/h5,8,10,15-18,22H,3-4,6-7,9,11-14H2,1-2H3,(H,26,27,30)/b16-10+. The van der Waals surface area contributed by atoms with E-state index in [0.29, 0.717) is 12.3 Å². The molecule has 0 atom stereocenters. The third kappa shape index (κ3) is 5.12. The van der Waals surface area contributed by atoms with Crippen molar-refractivity contribution in [3.8, 4) is 0 Å². The molecule has 1 aromatic rings. The summed E-state index contributed by atoms with van der Waals surface area (Å²) < 4.78 is 2.32. The van der Waals surface area contributed by atoms with E-state index in [1.54, 1.807) is 11.9 Å². The summed E-state index contributed by atoms with van der Waals surface area (Å²) in [6.45, 7) is 6.11. The van der Waals surface area contributed by atoms with E-state index in [4.69, 9.17) is 4.99 Å². The molecule has 1 N–H and O–H groups in total. The van der Waals surface area contributed by atoms with Crippen molar-refractivity contribution in [2.75, 3.05) is 13.1 Å². The van der Waals surface area contributed by atoms with Crippen molar-refractivity contribution in [1.82, 2.24) is 9.62 Å². The zero-order valence-electron chi connectivity index (χ0n) is 18.6. The fraction of sp³-hybridized carbons (Fsp3) is 0.560. The smallest absolute Gasteiger partial charge is 0.253 e. The molecule has 4 rings (SSSR count). The third-order valence-corrected chi connectivity index (χ3v) is 7.98. The molecule has 2 heterocycles. The highest BCUT2D eigenvalue weighted by atomic mass is 32.2. The number of aldehydes is 1. The predicted molar refractivity (Wildman–Crippen MR) is 128 cm³/mol. The first-order valence-electron chi connectivity index (χ1n) is 11.5. The Morgan fingerprint density at radius 3 is 2.65 bits per heavy atom. The maximum atomic E-state index is 12.8. The molecule has 1 aromatic carbocycles. The van der Waals surface area contributed by atoms with Crippen LogP contribution in [0, 0.1) is 18.8 Å². The Kier molecular flexibility index (Phi) is 6.97. The topological polar surface area (TPSA) is 61.8 Å². The Balaban J connectivity index is 1.31. The molecule has 31 heavy (non-hydrogen) atoms. The van der Waals surface area contributed by atoms with Gasteiger partial charge in [0.2, 0.25) is 0 Å². The van der Waals surface area contributed by atoms with E-state index in [2.05, 4.69) is 47.1 Å². The van der Waals surface area contributed by atoms with Crippen LogP contribution in [0.4, 0.5) is 0 Å². The van der Waals surface area contributed by atoms with Gasteiger partial charge in [-0.2, -0.15) is 0 Å². The summed E-state index contributed by atoms with van der Waals surface area (Å²) in [6.07, 6.45) is 9.88. The number of piperidine rings is 1. The molecular weight excluding hydrogens is 406 g/mol. The van der Waals surface area contributed by atoms with Gasteiger partial charge in [0.05, 0.1) is 0 Å². The SMILES string of the molecule is Cc1cc(CC=O)ccc1/C=C/SN1CCC2(CC1)N=C(C1CCC(C)CC1)NC2=O. The summed E-state index contributed by atoms with van der Waals surface area (Å²) >= 11 is 1.70. The number of benzene rings is 1. The second-order valence-corrected chi connectivity index (χ2v) is 10.3. The molecular formula is C25H33N3O2S. The molecule has 0 bridgehead atoms. The van der Waals surface area contributed by atoms with E-state index >= 15 is 0 Å². The first-order chi connectivity index (χ1) is 15.0. The lowest BCUT2D eigenvalue weighted by atomic mass is 9.82. The number of aryl methyl sites for hydroxylation is 1. The van der Waals surface area contributed by atoms with E-state index in [-0.39, 0.29) is 5.91 Å².